The molecule has 0 bridgehead atoms. The summed E-state index contributed by atoms with van der Waals surface area (Å²) >= 11 is 0. The number of aryl methyl sites for hydroxylation is 1. The number of hydrogen-bond donors (Lipinski definition) is 3. The van der Waals surface area contributed by atoms with Crippen molar-refractivity contribution in [2.45, 2.75) is 148 Å². The average molecular weight is 531 g/mol. The van der Waals surface area contributed by atoms with Gasteiger partial charge in [0, 0.05) is 13.1 Å². The van der Waals surface area contributed by atoms with E-state index in [0.29, 0.717) is 13.1 Å². The van der Waals surface area contributed by atoms with Crippen LogP contribution in [0.15, 0.2) is 24.3 Å². The second kappa shape index (κ2) is 25.2. The molecular weight excluding hydrogens is 472 g/mol. The van der Waals surface area contributed by atoms with Crippen molar-refractivity contribution in [3.63, 3.8) is 0 Å². The van der Waals surface area contributed by atoms with Gasteiger partial charge in [-0.3, -0.25) is 9.59 Å². The highest BCUT2D eigenvalue weighted by molar-refractivity contribution is 6.35. The van der Waals surface area contributed by atoms with Crippen molar-refractivity contribution in [3.8, 4) is 5.75 Å². The van der Waals surface area contributed by atoms with Gasteiger partial charge in [-0.05, 0) is 37.0 Å². The molecule has 0 aliphatic heterocycles. The Morgan fingerprint density at radius 2 is 0.868 bits per heavy atom. The lowest BCUT2D eigenvalue weighted by Crippen LogP contribution is -2.40. The predicted octanol–water partition coefficient (Wildman–Crippen LogP) is 8.38. The molecule has 0 aliphatic carbocycles. The molecule has 0 atom stereocenters. The first-order chi connectivity index (χ1) is 18.6. The molecule has 0 fully saturated rings. The fourth-order valence-corrected chi connectivity index (χ4v) is 4.90. The summed E-state index contributed by atoms with van der Waals surface area (Å²) in [6, 6.07) is 7.04. The second-order valence-electron chi connectivity index (χ2n) is 11.0. The first kappa shape index (κ1) is 34.0. The highest BCUT2D eigenvalue weighted by Gasteiger charge is 2.11. The van der Waals surface area contributed by atoms with Gasteiger partial charge in [0.2, 0.25) is 0 Å². The summed E-state index contributed by atoms with van der Waals surface area (Å²) in [5.41, 5.74) is 1.10. The van der Waals surface area contributed by atoms with Gasteiger partial charge < -0.3 is 15.7 Å². The minimum Gasteiger partial charge on any atom is -0.508 e. The fraction of sp³-hybridized carbons (Fsp3) is 0.758. The van der Waals surface area contributed by atoms with E-state index >= 15 is 0 Å². The molecule has 0 heterocycles. The highest BCUT2D eigenvalue weighted by atomic mass is 16.3. The third-order valence-electron chi connectivity index (χ3n) is 7.39. The zero-order valence-electron chi connectivity index (χ0n) is 24.5. The molecule has 2 amide bonds. The predicted molar refractivity (Wildman–Crippen MR) is 160 cm³/mol. The van der Waals surface area contributed by atoms with Crippen LogP contribution in [0.3, 0.4) is 0 Å². The van der Waals surface area contributed by atoms with E-state index in [1.807, 2.05) is 12.1 Å². The molecule has 5 heteroatoms. The lowest BCUT2D eigenvalue weighted by Gasteiger charge is -2.07. The molecule has 218 valence electrons. The minimum absolute atomic E-state index is 0.249. The Hall–Kier alpha value is -2.04. The van der Waals surface area contributed by atoms with Crippen LogP contribution in [0.5, 0.6) is 5.75 Å². The Labute approximate surface area is 234 Å². The molecule has 0 aromatic heterocycles. The molecule has 1 rings (SSSR count). The van der Waals surface area contributed by atoms with Crippen molar-refractivity contribution in [1.29, 1.82) is 0 Å². The van der Waals surface area contributed by atoms with E-state index in [0.717, 1.165) is 31.2 Å². The van der Waals surface area contributed by atoms with Crippen LogP contribution in [0.2, 0.25) is 0 Å². The van der Waals surface area contributed by atoms with Gasteiger partial charge in [0.25, 0.3) is 0 Å². The van der Waals surface area contributed by atoms with E-state index in [4.69, 9.17) is 0 Å². The number of rotatable bonds is 25. The lowest BCUT2D eigenvalue weighted by atomic mass is 10.0. The van der Waals surface area contributed by atoms with Crippen LogP contribution >= 0.6 is 0 Å². The highest BCUT2D eigenvalue weighted by Crippen LogP contribution is 2.15. The van der Waals surface area contributed by atoms with Gasteiger partial charge in [-0.1, -0.05) is 141 Å². The third kappa shape index (κ3) is 21.0. The smallest absolute Gasteiger partial charge is 0.309 e. The second-order valence-corrected chi connectivity index (χ2v) is 11.0. The van der Waals surface area contributed by atoms with Crippen LogP contribution < -0.4 is 10.6 Å². The van der Waals surface area contributed by atoms with Gasteiger partial charge in [-0.2, -0.15) is 0 Å². The number of phenols is 1. The normalized spacial score (nSPS) is 11.0. The Bertz CT molecular complexity index is 690. The maximum atomic E-state index is 11.9. The van der Waals surface area contributed by atoms with E-state index < -0.39 is 11.8 Å². The van der Waals surface area contributed by atoms with Crippen molar-refractivity contribution in [2.24, 2.45) is 0 Å². The van der Waals surface area contributed by atoms with Crippen molar-refractivity contribution in [2.75, 3.05) is 13.1 Å². The molecule has 1 aromatic rings. The summed E-state index contributed by atoms with van der Waals surface area (Å²) in [6.07, 6.45) is 28.6. The molecule has 3 N–H and O–H groups in total. The Balaban J connectivity index is 1.77. The minimum atomic E-state index is -0.552. The molecule has 0 saturated carbocycles. The SMILES string of the molecule is CCCCCCCCCCCCCCCCCCCCCCNC(=O)C(=O)NCCCc1ccc(O)cc1. The summed E-state index contributed by atoms with van der Waals surface area (Å²) in [4.78, 5) is 23.8. The van der Waals surface area contributed by atoms with E-state index in [9.17, 15) is 14.7 Å². The van der Waals surface area contributed by atoms with Crippen molar-refractivity contribution in [3.05, 3.63) is 29.8 Å². The number of unbranched alkanes of at least 4 members (excludes halogenated alkanes) is 19. The van der Waals surface area contributed by atoms with Gasteiger partial charge in [-0.25, -0.2) is 0 Å². The largest absolute Gasteiger partial charge is 0.508 e. The van der Waals surface area contributed by atoms with Crippen LogP contribution in [-0.4, -0.2) is 30.0 Å². The van der Waals surface area contributed by atoms with Crippen LogP contribution in [0.4, 0.5) is 0 Å². The molecule has 5 nitrogen and oxygen atoms in total. The van der Waals surface area contributed by atoms with Crippen LogP contribution in [0.1, 0.15) is 147 Å². The number of hydrogen-bond acceptors (Lipinski definition) is 3. The molecular formula is C33H58N2O3. The maximum absolute atomic E-state index is 11.9. The van der Waals surface area contributed by atoms with Crippen LogP contribution in [0, 0.1) is 0 Å². The molecule has 1 aromatic carbocycles. The van der Waals surface area contributed by atoms with Gasteiger partial charge in [0.1, 0.15) is 5.75 Å². The molecule has 0 unspecified atom stereocenters. The summed E-state index contributed by atoms with van der Waals surface area (Å²) < 4.78 is 0. The third-order valence-corrected chi connectivity index (χ3v) is 7.39. The average Bonchev–Trinajstić information content (AvgIpc) is 2.92. The number of carbonyl (C=O) groups is 2. The van der Waals surface area contributed by atoms with E-state index in [-0.39, 0.29) is 5.75 Å². The standard InChI is InChI=1S/C33H58N2O3/c1-2-3-4-5-6-7-8-9-10-11-12-13-14-15-16-17-18-19-20-21-28-34-32(37)33(38)35-29-22-23-30-24-26-31(36)27-25-30/h24-27,36H,2-23,28-29H2,1H3,(H,34,37)(H,35,38). The first-order valence-corrected chi connectivity index (χ1v) is 16.0. The number of phenolic OH excluding ortho intramolecular Hbond substituents is 1. The van der Waals surface area contributed by atoms with Gasteiger partial charge >= 0.3 is 11.8 Å². The van der Waals surface area contributed by atoms with E-state index in [2.05, 4.69) is 17.6 Å². The molecule has 0 radical (unpaired) electrons. The van der Waals surface area contributed by atoms with E-state index in [1.165, 1.54) is 116 Å². The maximum Gasteiger partial charge on any atom is 0.309 e. The van der Waals surface area contributed by atoms with Gasteiger partial charge in [0.05, 0.1) is 0 Å². The van der Waals surface area contributed by atoms with Gasteiger partial charge in [-0.15, -0.1) is 0 Å². The number of carbonyl (C=O) groups excluding carboxylic acids is 2. The summed E-state index contributed by atoms with van der Waals surface area (Å²) in [6.45, 7) is 3.32. The monoisotopic (exact) mass is 530 g/mol. The number of amides is 2. The lowest BCUT2D eigenvalue weighted by molar-refractivity contribution is -0.139. The summed E-state index contributed by atoms with van der Waals surface area (Å²) in [5.74, 6) is -0.838. The van der Waals surface area contributed by atoms with Gasteiger partial charge in [0.15, 0.2) is 0 Å². The number of benzene rings is 1. The Kier molecular flexibility index (Phi) is 22.6. The summed E-state index contributed by atoms with van der Waals surface area (Å²) in [7, 11) is 0. The Morgan fingerprint density at radius 1 is 0.526 bits per heavy atom. The van der Waals surface area contributed by atoms with Crippen molar-refractivity contribution >= 4 is 11.8 Å². The molecule has 0 aliphatic rings. The summed E-state index contributed by atoms with van der Waals surface area (Å²) in [5, 5.41) is 14.7. The first-order valence-electron chi connectivity index (χ1n) is 16.0. The number of nitrogens with one attached hydrogen (secondary N) is 2. The molecule has 0 spiro atoms. The molecule has 38 heavy (non-hydrogen) atoms. The van der Waals surface area contributed by atoms with Crippen molar-refractivity contribution in [1.82, 2.24) is 10.6 Å². The zero-order valence-corrected chi connectivity index (χ0v) is 24.5. The van der Waals surface area contributed by atoms with E-state index in [1.54, 1.807) is 12.1 Å². The molecule has 0 saturated heterocycles. The fourth-order valence-electron chi connectivity index (χ4n) is 4.90. The van der Waals surface area contributed by atoms with Crippen molar-refractivity contribution < 1.29 is 14.7 Å². The van der Waals surface area contributed by atoms with Crippen LogP contribution in [-0.2, 0) is 16.0 Å². The van der Waals surface area contributed by atoms with Crippen LogP contribution in [0.25, 0.3) is 0 Å². The Morgan fingerprint density at radius 3 is 1.26 bits per heavy atom. The zero-order chi connectivity index (χ0) is 27.5. The quantitative estimate of drug-likeness (QED) is 0.0877. The topological polar surface area (TPSA) is 78.4 Å². The number of aromatic hydroxyl groups is 1.